The first-order valence-electron chi connectivity index (χ1n) is 7.97. The van der Waals surface area contributed by atoms with Gasteiger partial charge in [0.15, 0.2) is 12.7 Å². The Labute approximate surface area is 147 Å². The predicted molar refractivity (Wildman–Crippen MR) is 94.2 cm³/mol. The normalized spacial score (nSPS) is 11.3. The Morgan fingerprint density at radius 3 is 2.24 bits per heavy atom. The Balaban J connectivity index is 1.76. The largest absolute Gasteiger partial charge is 0.483 e. The minimum absolute atomic E-state index is 0.195. The molecule has 0 heterocycles. The van der Waals surface area contributed by atoms with E-state index in [9.17, 15) is 9.59 Å². The molecule has 25 heavy (non-hydrogen) atoms. The summed E-state index contributed by atoms with van der Waals surface area (Å²) in [5, 5.41) is 0. The van der Waals surface area contributed by atoms with E-state index in [2.05, 4.69) is 10.9 Å². The predicted octanol–water partition coefficient (Wildman–Crippen LogP) is 2.30. The fourth-order valence-electron chi connectivity index (χ4n) is 2.19. The maximum atomic E-state index is 11.9. The third-order valence-electron chi connectivity index (χ3n) is 3.51. The maximum absolute atomic E-state index is 11.9. The molecule has 1 unspecified atom stereocenters. The van der Waals surface area contributed by atoms with Crippen LogP contribution in [0.25, 0.3) is 0 Å². The van der Waals surface area contributed by atoms with E-state index in [1.807, 2.05) is 50.2 Å². The van der Waals surface area contributed by atoms with Gasteiger partial charge in [0.1, 0.15) is 11.5 Å². The smallest absolute Gasteiger partial charge is 0.279 e. The average Bonchev–Trinajstić information content (AvgIpc) is 2.60. The summed E-state index contributed by atoms with van der Waals surface area (Å²) in [6.45, 7) is 5.22. The quantitative estimate of drug-likeness (QED) is 0.790. The monoisotopic (exact) mass is 342 g/mol. The highest BCUT2D eigenvalue weighted by Gasteiger charge is 2.15. The summed E-state index contributed by atoms with van der Waals surface area (Å²) in [6, 6.07) is 14.7. The van der Waals surface area contributed by atoms with Crippen LogP contribution in [0.2, 0.25) is 0 Å². The van der Waals surface area contributed by atoms with Gasteiger partial charge in [0, 0.05) is 0 Å². The second kappa shape index (κ2) is 8.73. The molecule has 0 saturated carbocycles. The van der Waals surface area contributed by atoms with Gasteiger partial charge in [-0.15, -0.1) is 0 Å². The molecule has 0 saturated heterocycles. The number of hydrogen-bond donors (Lipinski definition) is 2. The third kappa shape index (κ3) is 5.53. The van der Waals surface area contributed by atoms with Crippen molar-refractivity contribution in [3.05, 3.63) is 59.7 Å². The first-order chi connectivity index (χ1) is 12.0. The van der Waals surface area contributed by atoms with Crippen molar-refractivity contribution < 1.29 is 19.1 Å². The number of aryl methyl sites for hydroxylation is 2. The first kappa shape index (κ1) is 18.3. The number of rotatable bonds is 6. The van der Waals surface area contributed by atoms with Gasteiger partial charge in [-0.1, -0.05) is 36.4 Å². The summed E-state index contributed by atoms with van der Waals surface area (Å²) in [4.78, 5) is 23.8. The van der Waals surface area contributed by atoms with Crippen LogP contribution >= 0.6 is 0 Å². The molecule has 1 atom stereocenters. The summed E-state index contributed by atoms with van der Waals surface area (Å²) in [5.74, 6) is 0.340. The standard InChI is InChI=1S/C19H22N2O4/c1-13-8-7-9-14(2)18(13)24-12-17(22)20-21-19(23)15(3)25-16-10-5-4-6-11-16/h4-11,15H,12H2,1-3H3,(H,20,22)(H,21,23). The molecule has 0 bridgehead atoms. The summed E-state index contributed by atoms with van der Waals surface area (Å²) in [7, 11) is 0. The van der Waals surface area contributed by atoms with E-state index in [1.165, 1.54) is 0 Å². The van der Waals surface area contributed by atoms with E-state index in [4.69, 9.17) is 9.47 Å². The van der Waals surface area contributed by atoms with Crippen molar-refractivity contribution in [3.8, 4) is 11.5 Å². The van der Waals surface area contributed by atoms with Gasteiger partial charge in [-0.05, 0) is 44.0 Å². The van der Waals surface area contributed by atoms with E-state index in [0.717, 1.165) is 11.1 Å². The van der Waals surface area contributed by atoms with Gasteiger partial charge >= 0.3 is 0 Å². The van der Waals surface area contributed by atoms with Crippen molar-refractivity contribution in [1.82, 2.24) is 10.9 Å². The summed E-state index contributed by atoms with van der Waals surface area (Å²) in [5.41, 5.74) is 6.53. The number of benzene rings is 2. The summed E-state index contributed by atoms with van der Waals surface area (Å²) < 4.78 is 11.0. The molecular formula is C19H22N2O4. The molecule has 2 rings (SSSR count). The molecule has 6 nitrogen and oxygen atoms in total. The topological polar surface area (TPSA) is 76.7 Å². The van der Waals surface area contributed by atoms with Crippen LogP contribution in [0.1, 0.15) is 18.1 Å². The molecule has 0 spiro atoms. The van der Waals surface area contributed by atoms with Crippen molar-refractivity contribution in [2.24, 2.45) is 0 Å². The highest BCUT2D eigenvalue weighted by atomic mass is 16.5. The molecule has 0 aliphatic rings. The minimum Gasteiger partial charge on any atom is -0.483 e. The highest BCUT2D eigenvalue weighted by Crippen LogP contribution is 2.21. The second-order valence-corrected chi connectivity index (χ2v) is 5.62. The molecule has 132 valence electrons. The Morgan fingerprint density at radius 1 is 0.960 bits per heavy atom. The zero-order valence-corrected chi connectivity index (χ0v) is 14.5. The van der Waals surface area contributed by atoms with Crippen LogP contribution in [0, 0.1) is 13.8 Å². The lowest BCUT2D eigenvalue weighted by Gasteiger charge is -2.15. The fourth-order valence-corrected chi connectivity index (χ4v) is 2.19. The first-order valence-corrected chi connectivity index (χ1v) is 7.97. The van der Waals surface area contributed by atoms with Gasteiger partial charge < -0.3 is 9.47 Å². The molecule has 0 fully saturated rings. The van der Waals surface area contributed by atoms with Crippen molar-refractivity contribution in [2.75, 3.05) is 6.61 Å². The van der Waals surface area contributed by atoms with E-state index in [1.54, 1.807) is 19.1 Å². The Morgan fingerprint density at radius 2 is 1.60 bits per heavy atom. The molecule has 0 aliphatic heterocycles. The molecule has 0 aliphatic carbocycles. The molecule has 6 heteroatoms. The van der Waals surface area contributed by atoms with Gasteiger partial charge in [-0.3, -0.25) is 20.4 Å². The zero-order valence-electron chi connectivity index (χ0n) is 14.5. The second-order valence-electron chi connectivity index (χ2n) is 5.62. The fraction of sp³-hybridized carbons (Fsp3) is 0.263. The van der Waals surface area contributed by atoms with E-state index < -0.39 is 17.9 Å². The lowest BCUT2D eigenvalue weighted by atomic mass is 10.1. The van der Waals surface area contributed by atoms with E-state index in [-0.39, 0.29) is 6.61 Å². The van der Waals surface area contributed by atoms with Gasteiger partial charge in [-0.25, -0.2) is 0 Å². The van der Waals surface area contributed by atoms with Gasteiger partial charge in [0.2, 0.25) is 0 Å². The number of carbonyl (C=O) groups is 2. The number of amides is 2. The van der Waals surface area contributed by atoms with Crippen LogP contribution in [0.5, 0.6) is 11.5 Å². The number of hydrazine groups is 1. The molecule has 2 amide bonds. The lowest BCUT2D eigenvalue weighted by Crippen LogP contribution is -2.48. The van der Waals surface area contributed by atoms with Crippen LogP contribution in [0.3, 0.4) is 0 Å². The Bertz CT molecular complexity index is 711. The van der Waals surface area contributed by atoms with Crippen LogP contribution in [0.4, 0.5) is 0 Å². The molecule has 2 aromatic carbocycles. The number of ether oxygens (including phenoxy) is 2. The van der Waals surface area contributed by atoms with Crippen LogP contribution in [-0.2, 0) is 9.59 Å². The van der Waals surface area contributed by atoms with Gasteiger partial charge in [0.25, 0.3) is 11.8 Å². The third-order valence-corrected chi connectivity index (χ3v) is 3.51. The molecule has 0 radical (unpaired) electrons. The molecule has 2 aromatic rings. The van der Waals surface area contributed by atoms with Crippen LogP contribution in [-0.4, -0.2) is 24.5 Å². The van der Waals surface area contributed by atoms with Crippen molar-refractivity contribution >= 4 is 11.8 Å². The van der Waals surface area contributed by atoms with Gasteiger partial charge in [-0.2, -0.15) is 0 Å². The SMILES string of the molecule is Cc1cccc(C)c1OCC(=O)NNC(=O)C(C)Oc1ccccc1. The van der Waals surface area contributed by atoms with Crippen molar-refractivity contribution in [2.45, 2.75) is 26.9 Å². The Hall–Kier alpha value is -3.02. The maximum Gasteiger partial charge on any atom is 0.279 e. The number of para-hydroxylation sites is 2. The van der Waals surface area contributed by atoms with Crippen LogP contribution in [0.15, 0.2) is 48.5 Å². The van der Waals surface area contributed by atoms with Crippen molar-refractivity contribution in [3.63, 3.8) is 0 Å². The highest BCUT2D eigenvalue weighted by molar-refractivity contribution is 5.85. The van der Waals surface area contributed by atoms with Crippen molar-refractivity contribution in [1.29, 1.82) is 0 Å². The Kier molecular flexibility index (Phi) is 6.39. The molecular weight excluding hydrogens is 320 g/mol. The number of carbonyl (C=O) groups excluding carboxylic acids is 2. The zero-order chi connectivity index (χ0) is 18.2. The molecule has 2 N–H and O–H groups in total. The minimum atomic E-state index is -0.748. The van der Waals surface area contributed by atoms with E-state index >= 15 is 0 Å². The average molecular weight is 342 g/mol. The number of hydrogen-bond acceptors (Lipinski definition) is 4. The van der Waals surface area contributed by atoms with Crippen LogP contribution < -0.4 is 20.3 Å². The summed E-state index contributed by atoms with van der Waals surface area (Å²) in [6.07, 6.45) is -0.748. The molecule has 0 aromatic heterocycles. The van der Waals surface area contributed by atoms with E-state index in [0.29, 0.717) is 11.5 Å². The lowest BCUT2D eigenvalue weighted by molar-refractivity contribution is -0.133. The number of nitrogens with one attached hydrogen (secondary N) is 2. The van der Waals surface area contributed by atoms with Gasteiger partial charge in [0.05, 0.1) is 0 Å². The summed E-state index contributed by atoms with van der Waals surface area (Å²) >= 11 is 0.